The van der Waals surface area contributed by atoms with Crippen LogP contribution in [0.15, 0.2) is 24.3 Å². The quantitative estimate of drug-likeness (QED) is 0.787. The maximum atomic E-state index is 11.7. The SMILES string of the molecule is CCOC(=O)C(C)(C)Oc1ccc(CNC)cc1. The second-order valence-electron chi connectivity index (χ2n) is 4.51. The van der Waals surface area contributed by atoms with Crippen molar-refractivity contribution in [3.63, 3.8) is 0 Å². The van der Waals surface area contributed by atoms with Crippen molar-refractivity contribution in [3.05, 3.63) is 29.8 Å². The minimum atomic E-state index is -0.972. The Balaban J connectivity index is 2.68. The summed E-state index contributed by atoms with van der Waals surface area (Å²) >= 11 is 0. The summed E-state index contributed by atoms with van der Waals surface area (Å²) in [7, 11) is 1.90. The number of carbonyl (C=O) groups is 1. The number of ether oxygens (including phenoxy) is 2. The second-order valence-corrected chi connectivity index (χ2v) is 4.51. The average Bonchev–Trinajstić information content (AvgIpc) is 2.32. The molecule has 0 fully saturated rings. The van der Waals surface area contributed by atoms with Gasteiger partial charge in [0.15, 0.2) is 5.60 Å². The van der Waals surface area contributed by atoms with Crippen LogP contribution < -0.4 is 10.1 Å². The van der Waals surface area contributed by atoms with E-state index in [1.165, 1.54) is 5.56 Å². The van der Waals surface area contributed by atoms with Gasteiger partial charge < -0.3 is 14.8 Å². The third-order valence-electron chi connectivity index (χ3n) is 2.44. The van der Waals surface area contributed by atoms with E-state index in [0.29, 0.717) is 12.4 Å². The van der Waals surface area contributed by atoms with Crippen molar-refractivity contribution in [2.24, 2.45) is 0 Å². The molecule has 0 unspecified atom stereocenters. The molecule has 0 saturated carbocycles. The molecule has 0 bridgehead atoms. The maximum Gasteiger partial charge on any atom is 0.349 e. The lowest BCUT2D eigenvalue weighted by Gasteiger charge is -2.24. The van der Waals surface area contributed by atoms with E-state index in [1.54, 1.807) is 20.8 Å². The van der Waals surface area contributed by atoms with Gasteiger partial charge in [-0.15, -0.1) is 0 Å². The van der Waals surface area contributed by atoms with Crippen LogP contribution in [0.1, 0.15) is 26.3 Å². The highest BCUT2D eigenvalue weighted by atomic mass is 16.6. The van der Waals surface area contributed by atoms with E-state index in [1.807, 2.05) is 31.3 Å². The van der Waals surface area contributed by atoms with Gasteiger partial charge in [-0.05, 0) is 45.5 Å². The topological polar surface area (TPSA) is 47.6 Å². The summed E-state index contributed by atoms with van der Waals surface area (Å²) in [5.41, 5.74) is 0.194. The monoisotopic (exact) mass is 251 g/mol. The smallest absolute Gasteiger partial charge is 0.349 e. The van der Waals surface area contributed by atoms with Crippen LogP contribution in [0.25, 0.3) is 0 Å². The zero-order valence-electron chi connectivity index (χ0n) is 11.4. The number of rotatable bonds is 6. The second kappa shape index (κ2) is 6.40. The molecule has 4 nitrogen and oxygen atoms in total. The summed E-state index contributed by atoms with van der Waals surface area (Å²) in [6, 6.07) is 7.64. The van der Waals surface area contributed by atoms with Crippen molar-refractivity contribution in [3.8, 4) is 5.75 Å². The van der Waals surface area contributed by atoms with E-state index in [0.717, 1.165) is 6.54 Å². The first-order chi connectivity index (χ1) is 8.49. The lowest BCUT2D eigenvalue weighted by Crippen LogP contribution is -2.39. The Morgan fingerprint density at radius 3 is 2.39 bits per heavy atom. The van der Waals surface area contributed by atoms with Crippen LogP contribution in [0.4, 0.5) is 0 Å². The van der Waals surface area contributed by atoms with E-state index in [4.69, 9.17) is 9.47 Å². The largest absolute Gasteiger partial charge is 0.476 e. The van der Waals surface area contributed by atoms with Crippen molar-refractivity contribution in [2.45, 2.75) is 32.9 Å². The summed E-state index contributed by atoms with van der Waals surface area (Å²) in [5, 5.41) is 3.07. The van der Waals surface area contributed by atoms with Crippen molar-refractivity contribution in [1.29, 1.82) is 0 Å². The molecule has 0 spiro atoms. The van der Waals surface area contributed by atoms with Gasteiger partial charge in [0.25, 0.3) is 0 Å². The Morgan fingerprint density at radius 1 is 1.28 bits per heavy atom. The molecule has 0 saturated heterocycles. The van der Waals surface area contributed by atoms with Crippen LogP contribution in [0.3, 0.4) is 0 Å². The van der Waals surface area contributed by atoms with Gasteiger partial charge in [0.1, 0.15) is 5.75 Å². The Labute approximate surface area is 108 Å². The fraction of sp³-hybridized carbons (Fsp3) is 0.500. The molecule has 0 heterocycles. The molecule has 4 heteroatoms. The van der Waals surface area contributed by atoms with Gasteiger partial charge in [0, 0.05) is 6.54 Å². The molecule has 1 aromatic carbocycles. The zero-order valence-corrected chi connectivity index (χ0v) is 11.4. The molecule has 100 valence electrons. The summed E-state index contributed by atoms with van der Waals surface area (Å²) in [4.78, 5) is 11.7. The summed E-state index contributed by atoms with van der Waals surface area (Å²) in [6.45, 7) is 6.34. The molecular formula is C14H21NO3. The fourth-order valence-corrected chi connectivity index (χ4v) is 1.52. The molecule has 1 N–H and O–H groups in total. The van der Waals surface area contributed by atoms with E-state index in [2.05, 4.69) is 5.32 Å². The molecule has 0 aliphatic carbocycles. The van der Waals surface area contributed by atoms with Crippen molar-refractivity contribution in [2.75, 3.05) is 13.7 Å². The third-order valence-corrected chi connectivity index (χ3v) is 2.44. The summed E-state index contributed by atoms with van der Waals surface area (Å²) in [5.74, 6) is 0.303. The van der Waals surface area contributed by atoms with Crippen LogP contribution in [0.5, 0.6) is 5.75 Å². The molecule has 0 aliphatic heterocycles. The lowest BCUT2D eigenvalue weighted by atomic mass is 10.1. The van der Waals surface area contributed by atoms with E-state index < -0.39 is 5.60 Å². The highest BCUT2D eigenvalue weighted by Gasteiger charge is 2.31. The van der Waals surface area contributed by atoms with Crippen LogP contribution in [0.2, 0.25) is 0 Å². The number of hydrogen-bond donors (Lipinski definition) is 1. The van der Waals surface area contributed by atoms with Crippen LogP contribution in [0, 0.1) is 0 Å². The standard InChI is InChI=1S/C14H21NO3/c1-5-17-13(16)14(2,3)18-12-8-6-11(7-9-12)10-15-4/h6-9,15H,5,10H2,1-4H3. The van der Waals surface area contributed by atoms with Crippen molar-refractivity contribution >= 4 is 5.97 Å². The number of esters is 1. The van der Waals surface area contributed by atoms with Crippen molar-refractivity contribution in [1.82, 2.24) is 5.32 Å². The van der Waals surface area contributed by atoms with E-state index in [-0.39, 0.29) is 5.97 Å². The van der Waals surface area contributed by atoms with Crippen LogP contribution in [-0.4, -0.2) is 25.2 Å². The van der Waals surface area contributed by atoms with Gasteiger partial charge in [-0.3, -0.25) is 0 Å². The third kappa shape index (κ3) is 4.04. The van der Waals surface area contributed by atoms with Crippen molar-refractivity contribution < 1.29 is 14.3 Å². The van der Waals surface area contributed by atoms with Gasteiger partial charge in [0.2, 0.25) is 0 Å². The Morgan fingerprint density at radius 2 is 1.89 bits per heavy atom. The fourth-order valence-electron chi connectivity index (χ4n) is 1.52. The summed E-state index contributed by atoms with van der Waals surface area (Å²) < 4.78 is 10.6. The van der Waals surface area contributed by atoms with Gasteiger partial charge in [0.05, 0.1) is 6.61 Å². The van der Waals surface area contributed by atoms with Crippen LogP contribution in [-0.2, 0) is 16.1 Å². The number of nitrogens with one attached hydrogen (secondary N) is 1. The predicted octanol–water partition coefficient (Wildman–Crippen LogP) is 2.13. The van der Waals surface area contributed by atoms with Gasteiger partial charge >= 0.3 is 5.97 Å². The Kier molecular flexibility index (Phi) is 5.16. The minimum absolute atomic E-state index is 0.354. The molecule has 0 amide bonds. The first kappa shape index (κ1) is 14.5. The summed E-state index contributed by atoms with van der Waals surface area (Å²) in [6.07, 6.45) is 0. The van der Waals surface area contributed by atoms with Crippen LogP contribution >= 0.6 is 0 Å². The van der Waals surface area contributed by atoms with Gasteiger partial charge in [-0.1, -0.05) is 12.1 Å². The molecule has 1 aromatic rings. The molecule has 0 aliphatic rings. The Hall–Kier alpha value is -1.55. The molecule has 18 heavy (non-hydrogen) atoms. The van der Waals surface area contributed by atoms with Gasteiger partial charge in [-0.25, -0.2) is 4.79 Å². The number of hydrogen-bond acceptors (Lipinski definition) is 4. The lowest BCUT2D eigenvalue weighted by molar-refractivity contribution is -0.158. The normalized spacial score (nSPS) is 11.1. The highest BCUT2D eigenvalue weighted by molar-refractivity contribution is 5.79. The number of carbonyl (C=O) groups excluding carboxylic acids is 1. The molecule has 0 atom stereocenters. The first-order valence-electron chi connectivity index (χ1n) is 6.09. The molecule has 0 radical (unpaired) electrons. The maximum absolute atomic E-state index is 11.7. The number of benzene rings is 1. The van der Waals surface area contributed by atoms with Gasteiger partial charge in [-0.2, -0.15) is 0 Å². The molecule has 0 aromatic heterocycles. The van der Waals surface area contributed by atoms with E-state index in [9.17, 15) is 4.79 Å². The Bertz CT molecular complexity index is 385. The molecule has 1 rings (SSSR count). The minimum Gasteiger partial charge on any atom is -0.476 e. The average molecular weight is 251 g/mol. The highest BCUT2D eigenvalue weighted by Crippen LogP contribution is 2.20. The first-order valence-corrected chi connectivity index (χ1v) is 6.09. The molecular weight excluding hydrogens is 230 g/mol. The zero-order chi connectivity index (χ0) is 13.6. The van der Waals surface area contributed by atoms with E-state index >= 15 is 0 Å². The predicted molar refractivity (Wildman–Crippen MR) is 70.5 cm³/mol.